The Hall–Kier alpha value is -3.02. The van der Waals surface area contributed by atoms with Crippen molar-refractivity contribution in [1.82, 2.24) is 19.8 Å². The molecule has 1 heterocycles. The number of rotatable bonds is 6. The number of ether oxygens (including phenoxy) is 1. The fraction of sp³-hybridized carbons (Fsp3) is 0.111. The zero-order valence-corrected chi connectivity index (χ0v) is 17.2. The van der Waals surface area contributed by atoms with Crippen molar-refractivity contribution in [3.63, 3.8) is 0 Å². The highest BCUT2D eigenvalue weighted by Gasteiger charge is 2.23. The number of aryl methyl sites for hydroxylation is 1. The molecule has 0 bridgehead atoms. The van der Waals surface area contributed by atoms with Crippen molar-refractivity contribution < 1.29 is 26.7 Å². The second-order valence-corrected chi connectivity index (χ2v) is 8.16. The normalized spacial score (nSPS) is 11.4. The zero-order chi connectivity index (χ0) is 22.1. The van der Waals surface area contributed by atoms with Crippen LogP contribution in [0.25, 0.3) is 11.3 Å². The van der Waals surface area contributed by atoms with Crippen LogP contribution >= 0.6 is 11.6 Å². The maximum absolute atomic E-state index is 14.4. The molecule has 3 rings (SSSR count). The minimum atomic E-state index is -4.48. The van der Waals surface area contributed by atoms with Gasteiger partial charge in [-0.3, -0.25) is 10.2 Å². The zero-order valence-electron chi connectivity index (χ0n) is 15.6. The Morgan fingerprint density at radius 3 is 2.57 bits per heavy atom. The highest BCUT2D eigenvalue weighted by atomic mass is 35.5. The van der Waals surface area contributed by atoms with Gasteiger partial charge in [-0.1, -0.05) is 11.6 Å². The fourth-order valence-electron chi connectivity index (χ4n) is 2.53. The van der Waals surface area contributed by atoms with Crippen LogP contribution in [0.3, 0.4) is 0 Å². The smallest absolute Gasteiger partial charge is 0.269 e. The molecule has 0 aliphatic rings. The number of imidazole rings is 1. The number of aromatic nitrogens is 2. The Labute approximate surface area is 175 Å². The van der Waals surface area contributed by atoms with Gasteiger partial charge >= 0.3 is 0 Å². The number of hydrogen-bond acceptors (Lipinski definition) is 5. The van der Waals surface area contributed by atoms with Crippen LogP contribution in [0.5, 0.6) is 5.75 Å². The molecule has 8 nitrogen and oxygen atoms in total. The summed E-state index contributed by atoms with van der Waals surface area (Å²) in [6.07, 6.45) is 3.13. The molecule has 1 aromatic heterocycles. The number of hydrogen-bond donors (Lipinski definition) is 2. The van der Waals surface area contributed by atoms with Gasteiger partial charge in [0.1, 0.15) is 16.5 Å². The van der Waals surface area contributed by atoms with Gasteiger partial charge in [-0.05, 0) is 24.3 Å². The number of benzene rings is 2. The first-order valence-corrected chi connectivity index (χ1v) is 10.1. The lowest BCUT2D eigenvalue weighted by Gasteiger charge is -2.11. The summed E-state index contributed by atoms with van der Waals surface area (Å²) in [5, 5.41) is -0.354. The van der Waals surface area contributed by atoms with E-state index in [1.54, 1.807) is 22.6 Å². The third-order valence-electron chi connectivity index (χ3n) is 4.00. The Balaban J connectivity index is 1.85. The summed E-state index contributed by atoms with van der Waals surface area (Å²) < 4.78 is 59.4. The number of hydrazine groups is 1. The molecule has 0 atom stereocenters. The summed E-state index contributed by atoms with van der Waals surface area (Å²) in [6.45, 7) is 0. The summed E-state index contributed by atoms with van der Waals surface area (Å²) in [5.74, 6) is -3.17. The van der Waals surface area contributed by atoms with Gasteiger partial charge in [-0.25, -0.2) is 22.2 Å². The van der Waals surface area contributed by atoms with E-state index < -0.39 is 38.0 Å². The molecule has 12 heteroatoms. The predicted octanol–water partition coefficient (Wildman–Crippen LogP) is 2.65. The van der Waals surface area contributed by atoms with Crippen molar-refractivity contribution in [2.24, 2.45) is 7.05 Å². The molecule has 2 N–H and O–H groups in total. The van der Waals surface area contributed by atoms with Crippen LogP contribution in [0.1, 0.15) is 10.4 Å². The number of nitrogens with one attached hydrogen (secondary N) is 2. The lowest BCUT2D eigenvalue weighted by atomic mass is 10.1. The van der Waals surface area contributed by atoms with Crippen molar-refractivity contribution >= 4 is 27.5 Å². The molecule has 158 valence electrons. The number of nitrogens with zero attached hydrogens (tertiary/aromatic N) is 2. The fourth-order valence-corrected chi connectivity index (χ4v) is 3.65. The standard InChI is InChI=1S/C18H15ClF2N4O4S/c1-25-8-15(22-9-25)10-5-12(17(21)13(19)6-10)18(26)23-24-30(27,28)16-4-3-11(29-2)7-14(16)20/h3-9,24H,1-2H3,(H,23,26). The minimum Gasteiger partial charge on any atom is -0.497 e. The minimum absolute atomic E-state index is 0.110. The molecule has 0 fully saturated rings. The van der Waals surface area contributed by atoms with Gasteiger partial charge in [-0.2, -0.15) is 0 Å². The topological polar surface area (TPSA) is 102 Å². The van der Waals surface area contributed by atoms with Gasteiger partial charge in [0.2, 0.25) is 0 Å². The lowest BCUT2D eigenvalue weighted by Crippen LogP contribution is -2.42. The SMILES string of the molecule is COc1ccc(S(=O)(=O)NNC(=O)c2cc(-c3cn(C)cn3)cc(Cl)c2F)c(F)c1. The Morgan fingerprint density at radius 1 is 1.23 bits per heavy atom. The van der Waals surface area contributed by atoms with E-state index in [0.29, 0.717) is 11.3 Å². The first-order valence-electron chi connectivity index (χ1n) is 8.25. The Morgan fingerprint density at radius 2 is 1.97 bits per heavy atom. The van der Waals surface area contributed by atoms with E-state index in [-0.39, 0.29) is 10.8 Å². The van der Waals surface area contributed by atoms with Gasteiger partial charge < -0.3 is 9.30 Å². The van der Waals surface area contributed by atoms with E-state index in [4.69, 9.17) is 16.3 Å². The average Bonchev–Trinajstić information content (AvgIpc) is 3.14. The molecule has 3 aromatic rings. The van der Waals surface area contributed by atoms with Gasteiger partial charge in [0, 0.05) is 24.9 Å². The molecule has 0 radical (unpaired) electrons. The van der Waals surface area contributed by atoms with Crippen LogP contribution < -0.4 is 15.0 Å². The molecule has 0 aliphatic heterocycles. The number of carbonyl (C=O) groups is 1. The molecule has 30 heavy (non-hydrogen) atoms. The van der Waals surface area contributed by atoms with E-state index >= 15 is 0 Å². The van der Waals surface area contributed by atoms with Gasteiger partial charge in [0.05, 0.1) is 29.7 Å². The highest BCUT2D eigenvalue weighted by molar-refractivity contribution is 7.89. The van der Waals surface area contributed by atoms with Crippen LogP contribution in [0.15, 0.2) is 47.8 Å². The van der Waals surface area contributed by atoms with E-state index in [2.05, 4.69) is 4.98 Å². The van der Waals surface area contributed by atoms with Crippen LogP contribution in [-0.2, 0) is 17.1 Å². The number of methoxy groups -OCH3 is 1. The molecule has 0 saturated heterocycles. The average molecular weight is 457 g/mol. The maximum Gasteiger partial charge on any atom is 0.269 e. The van der Waals surface area contributed by atoms with Crippen LogP contribution in [0, 0.1) is 11.6 Å². The van der Waals surface area contributed by atoms with Gasteiger partial charge in [-0.15, -0.1) is 4.83 Å². The number of sulfonamides is 1. The van der Waals surface area contributed by atoms with Crippen molar-refractivity contribution in [3.8, 4) is 17.0 Å². The summed E-state index contributed by atoms with van der Waals surface area (Å²) in [4.78, 5) is 17.5. The number of amides is 1. The van der Waals surface area contributed by atoms with E-state index in [1.165, 1.54) is 31.6 Å². The second-order valence-electron chi connectivity index (χ2n) is 6.10. The maximum atomic E-state index is 14.4. The molecule has 0 aliphatic carbocycles. The predicted molar refractivity (Wildman–Crippen MR) is 104 cm³/mol. The quantitative estimate of drug-likeness (QED) is 0.555. The third kappa shape index (κ3) is 4.42. The summed E-state index contributed by atoms with van der Waals surface area (Å²) in [7, 11) is -1.47. The number of carbonyl (C=O) groups excluding carboxylic acids is 1. The first-order chi connectivity index (χ1) is 14.1. The molecule has 2 aromatic carbocycles. The monoisotopic (exact) mass is 456 g/mol. The van der Waals surface area contributed by atoms with Crippen molar-refractivity contribution in [2.75, 3.05) is 7.11 Å². The third-order valence-corrected chi connectivity index (χ3v) is 5.56. The molecular formula is C18H15ClF2N4O4S. The van der Waals surface area contributed by atoms with E-state index in [9.17, 15) is 22.0 Å². The second kappa shape index (κ2) is 8.38. The Kier molecular flexibility index (Phi) is 6.06. The van der Waals surface area contributed by atoms with Crippen LogP contribution in [0.4, 0.5) is 8.78 Å². The highest BCUT2D eigenvalue weighted by Crippen LogP contribution is 2.27. The van der Waals surface area contributed by atoms with Crippen molar-refractivity contribution in [3.05, 3.63) is 65.1 Å². The van der Waals surface area contributed by atoms with Crippen molar-refractivity contribution in [1.29, 1.82) is 0 Å². The van der Waals surface area contributed by atoms with Crippen LogP contribution in [0.2, 0.25) is 5.02 Å². The largest absolute Gasteiger partial charge is 0.497 e. The molecule has 0 unspecified atom stereocenters. The summed E-state index contributed by atoms with van der Waals surface area (Å²) >= 11 is 5.87. The molecule has 0 spiro atoms. The van der Waals surface area contributed by atoms with E-state index in [1.807, 2.05) is 5.43 Å². The molecule has 1 amide bonds. The number of halogens is 3. The lowest BCUT2D eigenvalue weighted by molar-refractivity contribution is 0.0941. The molecule has 0 saturated carbocycles. The molecular weight excluding hydrogens is 442 g/mol. The van der Waals surface area contributed by atoms with Crippen LogP contribution in [-0.4, -0.2) is 31.0 Å². The first kappa shape index (κ1) is 21.7. The van der Waals surface area contributed by atoms with Gasteiger partial charge in [0.15, 0.2) is 5.82 Å². The summed E-state index contributed by atoms with van der Waals surface area (Å²) in [5.41, 5.74) is 2.09. The van der Waals surface area contributed by atoms with Crippen molar-refractivity contribution in [2.45, 2.75) is 4.90 Å². The van der Waals surface area contributed by atoms with Gasteiger partial charge in [0.25, 0.3) is 15.9 Å². The summed E-state index contributed by atoms with van der Waals surface area (Å²) in [6, 6.07) is 5.51. The Bertz CT molecular complexity index is 1230. The van der Waals surface area contributed by atoms with E-state index in [0.717, 1.165) is 12.1 Å².